The third-order valence-electron chi connectivity index (χ3n) is 6.44. The highest BCUT2D eigenvalue weighted by Crippen LogP contribution is 2.21. The maximum atomic E-state index is 13.1. The number of benzene rings is 2. The number of hydrogen-bond donors (Lipinski definition) is 1. The number of aryl methyl sites for hydroxylation is 1. The Bertz CT molecular complexity index is 1320. The van der Waals surface area contributed by atoms with Gasteiger partial charge in [-0.1, -0.05) is 28.1 Å². The SMILES string of the molecule is CCOC(=O)N1CCN(C(=O)C(C)n2cc(NC(=O)c3cccc(COc4ccc(Br)cc4)c3)c(C)n2)CC1. The second kappa shape index (κ2) is 12.8. The smallest absolute Gasteiger partial charge is 0.409 e. The summed E-state index contributed by atoms with van der Waals surface area (Å²) in [4.78, 5) is 41.4. The van der Waals surface area contributed by atoms with Crippen LogP contribution in [0.2, 0.25) is 0 Å². The average Bonchev–Trinajstić information content (AvgIpc) is 3.32. The van der Waals surface area contributed by atoms with Crippen molar-refractivity contribution in [1.82, 2.24) is 19.6 Å². The van der Waals surface area contributed by atoms with Crippen LogP contribution < -0.4 is 10.1 Å². The van der Waals surface area contributed by atoms with E-state index in [9.17, 15) is 14.4 Å². The minimum Gasteiger partial charge on any atom is -0.489 e. The van der Waals surface area contributed by atoms with Crippen molar-refractivity contribution in [3.63, 3.8) is 0 Å². The zero-order valence-electron chi connectivity index (χ0n) is 22.2. The van der Waals surface area contributed by atoms with Gasteiger partial charge in [-0.2, -0.15) is 5.10 Å². The number of halogens is 1. The quantitative estimate of drug-likeness (QED) is 0.405. The van der Waals surface area contributed by atoms with Crippen LogP contribution in [0.5, 0.6) is 5.75 Å². The molecule has 0 bridgehead atoms. The van der Waals surface area contributed by atoms with Crippen molar-refractivity contribution >= 4 is 39.5 Å². The van der Waals surface area contributed by atoms with Gasteiger partial charge in [0.05, 0.1) is 18.0 Å². The highest BCUT2D eigenvalue weighted by atomic mass is 79.9. The molecule has 2 aromatic carbocycles. The van der Waals surface area contributed by atoms with Crippen LogP contribution in [0.15, 0.2) is 59.2 Å². The molecule has 1 N–H and O–H groups in total. The standard InChI is InChI=1S/C28H32BrN5O5/c1-4-38-28(37)33-14-12-32(13-15-33)27(36)20(3)34-17-25(19(2)31-34)30-26(35)22-7-5-6-21(16-22)18-39-24-10-8-23(29)9-11-24/h5-11,16-17,20H,4,12-15,18H2,1-3H3,(H,30,35). The van der Waals surface area contributed by atoms with Gasteiger partial charge in [0.25, 0.3) is 5.91 Å². The van der Waals surface area contributed by atoms with Gasteiger partial charge in [0.15, 0.2) is 0 Å². The van der Waals surface area contributed by atoms with Crippen molar-refractivity contribution in [3.8, 4) is 5.75 Å². The Morgan fingerprint density at radius 2 is 1.74 bits per heavy atom. The summed E-state index contributed by atoms with van der Waals surface area (Å²) in [5, 5.41) is 7.38. The van der Waals surface area contributed by atoms with Gasteiger partial charge in [-0.25, -0.2) is 4.79 Å². The van der Waals surface area contributed by atoms with Gasteiger partial charge >= 0.3 is 6.09 Å². The molecule has 1 atom stereocenters. The van der Waals surface area contributed by atoms with E-state index in [1.165, 1.54) is 0 Å². The highest BCUT2D eigenvalue weighted by molar-refractivity contribution is 9.10. The van der Waals surface area contributed by atoms with E-state index in [0.29, 0.717) is 56.3 Å². The number of rotatable bonds is 8. The number of nitrogens with zero attached hydrogens (tertiary/aromatic N) is 4. The number of amides is 3. The lowest BCUT2D eigenvalue weighted by Gasteiger charge is -2.35. The molecule has 1 fully saturated rings. The van der Waals surface area contributed by atoms with Crippen LogP contribution in [-0.4, -0.2) is 70.3 Å². The predicted molar refractivity (Wildman–Crippen MR) is 150 cm³/mol. The average molecular weight is 598 g/mol. The number of hydrogen-bond acceptors (Lipinski definition) is 6. The fraction of sp³-hybridized carbons (Fsp3) is 0.357. The molecule has 39 heavy (non-hydrogen) atoms. The molecule has 0 saturated carbocycles. The Hall–Kier alpha value is -3.86. The molecule has 11 heteroatoms. The van der Waals surface area contributed by atoms with Gasteiger partial charge in [-0.3, -0.25) is 14.3 Å². The van der Waals surface area contributed by atoms with E-state index >= 15 is 0 Å². The molecular weight excluding hydrogens is 566 g/mol. The van der Waals surface area contributed by atoms with Crippen molar-refractivity contribution < 1.29 is 23.9 Å². The minimum atomic E-state index is -0.567. The van der Waals surface area contributed by atoms with E-state index in [1.807, 2.05) is 36.4 Å². The van der Waals surface area contributed by atoms with Gasteiger partial charge < -0.3 is 24.6 Å². The number of anilines is 1. The molecule has 1 aliphatic heterocycles. The Morgan fingerprint density at radius 3 is 2.44 bits per heavy atom. The zero-order chi connectivity index (χ0) is 27.9. The van der Waals surface area contributed by atoms with Crippen LogP contribution >= 0.6 is 15.9 Å². The van der Waals surface area contributed by atoms with Crippen LogP contribution in [0.1, 0.15) is 41.5 Å². The lowest BCUT2D eigenvalue weighted by molar-refractivity contribution is -0.136. The maximum absolute atomic E-state index is 13.1. The van der Waals surface area contributed by atoms with E-state index in [4.69, 9.17) is 9.47 Å². The van der Waals surface area contributed by atoms with Crippen LogP contribution in [0.25, 0.3) is 0 Å². The molecule has 3 aromatic rings. The topological polar surface area (TPSA) is 106 Å². The number of aromatic nitrogens is 2. The van der Waals surface area contributed by atoms with Gasteiger partial charge in [-0.05, 0) is 62.7 Å². The van der Waals surface area contributed by atoms with Crippen LogP contribution in [0, 0.1) is 6.92 Å². The molecule has 206 valence electrons. The molecule has 4 rings (SSSR count). The van der Waals surface area contributed by atoms with Crippen molar-refractivity contribution in [3.05, 3.63) is 76.0 Å². The predicted octanol–water partition coefficient (Wildman–Crippen LogP) is 4.65. The second-order valence-corrected chi connectivity index (χ2v) is 10.1. The molecule has 0 spiro atoms. The summed E-state index contributed by atoms with van der Waals surface area (Å²) in [5.74, 6) is 0.357. The van der Waals surface area contributed by atoms with Crippen molar-refractivity contribution in [2.45, 2.75) is 33.4 Å². The fourth-order valence-electron chi connectivity index (χ4n) is 4.20. The molecule has 1 aliphatic rings. The number of piperazine rings is 1. The van der Waals surface area contributed by atoms with Crippen LogP contribution in [0.3, 0.4) is 0 Å². The number of carbonyl (C=O) groups is 3. The first-order chi connectivity index (χ1) is 18.7. The summed E-state index contributed by atoms with van der Waals surface area (Å²) in [5.41, 5.74) is 2.48. The van der Waals surface area contributed by atoms with Crippen molar-refractivity contribution in [2.24, 2.45) is 0 Å². The van der Waals surface area contributed by atoms with E-state index in [2.05, 4.69) is 26.3 Å². The van der Waals surface area contributed by atoms with Gasteiger partial charge in [0.1, 0.15) is 18.4 Å². The monoisotopic (exact) mass is 597 g/mol. The third kappa shape index (κ3) is 7.17. The first-order valence-electron chi connectivity index (χ1n) is 12.8. The Labute approximate surface area is 236 Å². The van der Waals surface area contributed by atoms with Crippen molar-refractivity contribution in [1.29, 1.82) is 0 Å². The molecule has 1 aromatic heterocycles. The highest BCUT2D eigenvalue weighted by Gasteiger charge is 2.29. The molecule has 3 amide bonds. The minimum absolute atomic E-state index is 0.0997. The fourth-order valence-corrected chi connectivity index (χ4v) is 4.46. The second-order valence-electron chi connectivity index (χ2n) is 9.19. The summed E-state index contributed by atoms with van der Waals surface area (Å²) in [6.07, 6.45) is 1.31. The van der Waals surface area contributed by atoms with E-state index in [-0.39, 0.29) is 17.9 Å². The summed E-state index contributed by atoms with van der Waals surface area (Å²) in [6.45, 7) is 7.65. The van der Waals surface area contributed by atoms with Crippen LogP contribution in [0.4, 0.5) is 10.5 Å². The number of carbonyl (C=O) groups excluding carboxylic acids is 3. The molecule has 10 nitrogen and oxygen atoms in total. The van der Waals surface area contributed by atoms with Gasteiger partial charge in [-0.15, -0.1) is 0 Å². The Balaban J connectivity index is 1.34. The first-order valence-corrected chi connectivity index (χ1v) is 13.6. The molecule has 0 aliphatic carbocycles. The maximum Gasteiger partial charge on any atom is 0.409 e. The molecular formula is C28H32BrN5O5. The number of ether oxygens (including phenoxy) is 2. The Kier molecular flexibility index (Phi) is 9.23. The lowest BCUT2D eigenvalue weighted by Crippen LogP contribution is -2.52. The zero-order valence-corrected chi connectivity index (χ0v) is 23.8. The summed E-state index contributed by atoms with van der Waals surface area (Å²) in [7, 11) is 0. The summed E-state index contributed by atoms with van der Waals surface area (Å²) < 4.78 is 13.4. The molecule has 2 heterocycles. The first kappa shape index (κ1) is 28.2. The Morgan fingerprint density at radius 1 is 1.05 bits per heavy atom. The summed E-state index contributed by atoms with van der Waals surface area (Å²) >= 11 is 3.40. The van der Waals surface area contributed by atoms with Gasteiger partial charge in [0.2, 0.25) is 5.91 Å². The largest absolute Gasteiger partial charge is 0.489 e. The lowest BCUT2D eigenvalue weighted by atomic mass is 10.1. The molecule has 1 unspecified atom stereocenters. The van der Waals surface area contributed by atoms with Crippen LogP contribution in [-0.2, 0) is 16.1 Å². The normalized spacial score (nSPS) is 14.1. The number of nitrogens with one attached hydrogen (secondary N) is 1. The van der Waals surface area contributed by atoms with E-state index in [0.717, 1.165) is 15.8 Å². The van der Waals surface area contributed by atoms with Crippen molar-refractivity contribution in [2.75, 3.05) is 38.1 Å². The van der Waals surface area contributed by atoms with E-state index < -0.39 is 6.04 Å². The molecule has 1 saturated heterocycles. The van der Waals surface area contributed by atoms with E-state index in [1.54, 1.807) is 53.6 Å². The third-order valence-corrected chi connectivity index (χ3v) is 6.97. The summed E-state index contributed by atoms with van der Waals surface area (Å²) in [6, 6.07) is 14.2. The molecule has 0 radical (unpaired) electrons. The van der Waals surface area contributed by atoms with Gasteiger partial charge in [0, 0.05) is 42.4 Å².